The predicted octanol–water partition coefficient (Wildman–Crippen LogP) is 2.69. The molecule has 0 aliphatic carbocycles. The van der Waals surface area contributed by atoms with Gasteiger partial charge < -0.3 is 14.4 Å². The second-order valence-corrected chi connectivity index (χ2v) is 5.95. The number of benzene rings is 1. The Morgan fingerprint density at radius 1 is 1.22 bits per heavy atom. The molecule has 0 spiro atoms. The molecule has 0 saturated heterocycles. The highest BCUT2D eigenvalue weighted by molar-refractivity contribution is 7.54. The molecule has 0 aromatic heterocycles. The van der Waals surface area contributed by atoms with E-state index in [1.807, 2.05) is 0 Å². The Balaban J connectivity index is 2.40. The van der Waals surface area contributed by atoms with Gasteiger partial charge in [0, 0.05) is 5.56 Å². The molecule has 5 nitrogen and oxygen atoms in total. The molecule has 18 heavy (non-hydrogen) atoms. The lowest BCUT2D eigenvalue weighted by molar-refractivity contribution is 0.0956. The number of hydrogen-bond acceptors (Lipinski definition) is 4. The van der Waals surface area contributed by atoms with Crippen molar-refractivity contribution in [1.29, 1.82) is 0 Å². The third kappa shape index (κ3) is 2.21. The summed E-state index contributed by atoms with van der Waals surface area (Å²) in [6.07, 6.45) is 0. The molecule has 1 atom stereocenters. The van der Waals surface area contributed by atoms with Crippen LogP contribution in [0.2, 0.25) is 0 Å². The molecule has 1 aromatic rings. The Morgan fingerprint density at radius 2 is 1.83 bits per heavy atom. The summed E-state index contributed by atoms with van der Waals surface area (Å²) in [5.41, 5.74) is 1.20. The zero-order valence-corrected chi connectivity index (χ0v) is 11.3. The summed E-state index contributed by atoms with van der Waals surface area (Å²) in [7, 11) is -3.37. The first-order chi connectivity index (χ1) is 8.62. The van der Waals surface area contributed by atoms with Crippen LogP contribution >= 0.6 is 7.60 Å². The Hall–Kier alpha value is -1.16. The summed E-state index contributed by atoms with van der Waals surface area (Å²) >= 11 is 0. The van der Waals surface area contributed by atoms with Gasteiger partial charge in [0.15, 0.2) is 5.78 Å². The van der Waals surface area contributed by atoms with Crippen molar-refractivity contribution in [2.24, 2.45) is 0 Å². The first-order valence-electron chi connectivity index (χ1n) is 5.91. The number of rotatable bonds is 5. The normalized spacial score (nSPS) is 18.6. The topological polar surface area (TPSA) is 64.6 Å². The van der Waals surface area contributed by atoms with Crippen molar-refractivity contribution >= 4 is 13.5 Å². The van der Waals surface area contributed by atoms with Crippen LogP contribution in [0.5, 0.6) is 0 Å². The van der Waals surface area contributed by atoms with Gasteiger partial charge in [-0.15, -0.1) is 0 Å². The minimum atomic E-state index is -3.37. The number of nitrogens with one attached hydrogen (secondary N) is 1. The average Bonchev–Trinajstić information content (AvgIpc) is 2.69. The fourth-order valence-electron chi connectivity index (χ4n) is 2.02. The molecule has 2 rings (SSSR count). The highest BCUT2D eigenvalue weighted by Gasteiger charge is 2.43. The van der Waals surface area contributed by atoms with Crippen LogP contribution in [0.25, 0.3) is 0 Å². The van der Waals surface area contributed by atoms with Gasteiger partial charge in [-0.05, 0) is 25.5 Å². The molecule has 6 heteroatoms. The van der Waals surface area contributed by atoms with Gasteiger partial charge in [-0.1, -0.05) is 18.2 Å². The predicted molar refractivity (Wildman–Crippen MR) is 67.5 cm³/mol. The number of amides is 1. The van der Waals surface area contributed by atoms with Crippen LogP contribution in [0, 0.1) is 0 Å². The van der Waals surface area contributed by atoms with E-state index in [1.54, 1.807) is 38.1 Å². The zero-order chi connectivity index (χ0) is 13.2. The summed E-state index contributed by atoms with van der Waals surface area (Å²) in [5, 5.41) is 2.68. The fourth-order valence-corrected chi connectivity index (χ4v) is 3.95. The summed E-state index contributed by atoms with van der Waals surface area (Å²) in [4.78, 5) is 11.8. The van der Waals surface area contributed by atoms with E-state index in [1.165, 1.54) is 0 Å². The van der Waals surface area contributed by atoms with Gasteiger partial charge >= 0.3 is 7.60 Å². The third-order valence-electron chi connectivity index (χ3n) is 2.70. The number of fused-ring (bicyclic) bond motifs is 1. The van der Waals surface area contributed by atoms with Gasteiger partial charge in [0.1, 0.15) is 0 Å². The van der Waals surface area contributed by atoms with Crippen LogP contribution in [0.4, 0.5) is 0 Å². The SMILES string of the molecule is CCOP(=O)(OCC)[C@H]1NC(=O)c2ccccc21. The van der Waals surface area contributed by atoms with E-state index in [4.69, 9.17) is 9.05 Å². The number of carbonyl (C=O) groups is 1. The summed E-state index contributed by atoms with van der Waals surface area (Å²) in [5.74, 6) is -0.948. The number of carbonyl (C=O) groups excluding carboxylic acids is 1. The minimum absolute atomic E-state index is 0.241. The minimum Gasteiger partial charge on any atom is -0.334 e. The molecule has 98 valence electrons. The molecular formula is C12H16NO4P. The molecule has 0 saturated carbocycles. The van der Waals surface area contributed by atoms with Crippen molar-refractivity contribution in [1.82, 2.24) is 5.32 Å². The van der Waals surface area contributed by atoms with E-state index in [-0.39, 0.29) is 19.1 Å². The first-order valence-corrected chi connectivity index (χ1v) is 7.52. The molecule has 1 aliphatic heterocycles. The lowest BCUT2D eigenvalue weighted by Crippen LogP contribution is -2.21. The fraction of sp³-hybridized carbons (Fsp3) is 0.417. The van der Waals surface area contributed by atoms with E-state index in [2.05, 4.69) is 5.32 Å². The van der Waals surface area contributed by atoms with Crippen molar-refractivity contribution in [2.45, 2.75) is 19.6 Å². The first kappa shape index (κ1) is 13.3. The maximum atomic E-state index is 12.7. The Bertz CT molecular complexity index is 493. The molecule has 1 aliphatic rings. The van der Waals surface area contributed by atoms with Gasteiger partial charge in [-0.25, -0.2) is 0 Å². The molecule has 1 N–H and O–H groups in total. The highest BCUT2D eigenvalue weighted by atomic mass is 31.2. The highest BCUT2D eigenvalue weighted by Crippen LogP contribution is 2.61. The van der Waals surface area contributed by atoms with E-state index < -0.39 is 13.4 Å². The van der Waals surface area contributed by atoms with E-state index in [9.17, 15) is 9.36 Å². The number of hydrogen-bond donors (Lipinski definition) is 1. The van der Waals surface area contributed by atoms with Crippen LogP contribution in [0.15, 0.2) is 24.3 Å². The van der Waals surface area contributed by atoms with Crippen LogP contribution in [-0.4, -0.2) is 19.1 Å². The van der Waals surface area contributed by atoms with Crippen LogP contribution in [0.1, 0.15) is 35.6 Å². The maximum Gasteiger partial charge on any atom is 0.357 e. The summed E-state index contributed by atoms with van der Waals surface area (Å²) in [6.45, 7) is 4.03. The van der Waals surface area contributed by atoms with Crippen molar-refractivity contribution in [3.63, 3.8) is 0 Å². The standard InChI is InChI=1S/C12H16NO4P/c1-3-16-18(15,17-4-2)12-10-8-6-5-7-9(10)11(14)13-12/h5-8,12H,3-4H2,1-2H3,(H,13,14)/t12-/m1/s1. The van der Waals surface area contributed by atoms with E-state index in [0.717, 1.165) is 0 Å². The van der Waals surface area contributed by atoms with Crippen molar-refractivity contribution in [3.05, 3.63) is 35.4 Å². The monoisotopic (exact) mass is 269 g/mol. The quantitative estimate of drug-likeness (QED) is 0.835. The second-order valence-electron chi connectivity index (χ2n) is 3.84. The van der Waals surface area contributed by atoms with Gasteiger partial charge in [0.25, 0.3) is 5.91 Å². The van der Waals surface area contributed by atoms with Crippen LogP contribution in [0.3, 0.4) is 0 Å². The van der Waals surface area contributed by atoms with Crippen molar-refractivity contribution in [3.8, 4) is 0 Å². The molecule has 1 amide bonds. The molecule has 1 aromatic carbocycles. The third-order valence-corrected chi connectivity index (χ3v) is 4.98. The molecule has 0 fully saturated rings. The van der Waals surface area contributed by atoms with Crippen molar-refractivity contribution < 1.29 is 18.4 Å². The largest absolute Gasteiger partial charge is 0.357 e. The molecule has 0 unspecified atom stereocenters. The molecular weight excluding hydrogens is 253 g/mol. The lowest BCUT2D eigenvalue weighted by Gasteiger charge is -2.23. The smallest absolute Gasteiger partial charge is 0.334 e. The zero-order valence-electron chi connectivity index (χ0n) is 10.4. The maximum absolute atomic E-state index is 12.7. The van der Waals surface area contributed by atoms with Crippen molar-refractivity contribution in [2.75, 3.05) is 13.2 Å². The van der Waals surface area contributed by atoms with Gasteiger partial charge in [0.05, 0.1) is 13.2 Å². The van der Waals surface area contributed by atoms with Crippen LogP contribution in [-0.2, 0) is 13.6 Å². The molecule has 0 radical (unpaired) electrons. The van der Waals surface area contributed by atoms with Gasteiger partial charge in [-0.3, -0.25) is 9.36 Å². The summed E-state index contributed by atoms with van der Waals surface area (Å²) in [6, 6.07) is 7.04. The lowest BCUT2D eigenvalue weighted by atomic mass is 10.1. The Labute approximate surface area is 106 Å². The second kappa shape index (κ2) is 5.22. The Kier molecular flexibility index (Phi) is 3.85. The Morgan fingerprint density at radius 3 is 2.44 bits per heavy atom. The average molecular weight is 269 g/mol. The molecule has 1 heterocycles. The molecule has 0 bridgehead atoms. The van der Waals surface area contributed by atoms with E-state index in [0.29, 0.717) is 11.1 Å². The van der Waals surface area contributed by atoms with Gasteiger partial charge in [0.2, 0.25) is 0 Å². The van der Waals surface area contributed by atoms with Gasteiger partial charge in [-0.2, -0.15) is 0 Å². The van der Waals surface area contributed by atoms with E-state index >= 15 is 0 Å². The van der Waals surface area contributed by atoms with Crippen LogP contribution < -0.4 is 5.32 Å². The summed E-state index contributed by atoms with van der Waals surface area (Å²) < 4.78 is 23.2.